The highest BCUT2D eigenvalue weighted by Gasteiger charge is 2.21. The summed E-state index contributed by atoms with van der Waals surface area (Å²) in [5, 5.41) is 8.38. The Kier molecular flexibility index (Phi) is 2.88. The van der Waals surface area contributed by atoms with E-state index in [4.69, 9.17) is 9.84 Å². The molecule has 3 nitrogen and oxygen atoms in total. The SMILES string of the molecule is C[C@@H]1CC[C@@H](CCC(=O)O)O1. The number of hydrogen-bond acceptors (Lipinski definition) is 2. The second-order valence-electron chi connectivity index (χ2n) is 3.08. The minimum absolute atomic E-state index is 0.195. The van der Waals surface area contributed by atoms with Gasteiger partial charge in [-0.15, -0.1) is 0 Å². The van der Waals surface area contributed by atoms with Crippen molar-refractivity contribution >= 4 is 5.97 Å². The summed E-state index contributed by atoms with van der Waals surface area (Å²) in [5.41, 5.74) is 0. The molecule has 0 aromatic rings. The molecule has 0 amide bonds. The maximum atomic E-state index is 10.2. The molecule has 1 saturated heterocycles. The molecule has 3 heteroatoms. The zero-order valence-electron chi connectivity index (χ0n) is 6.75. The van der Waals surface area contributed by atoms with Gasteiger partial charge in [0.2, 0.25) is 0 Å². The van der Waals surface area contributed by atoms with E-state index in [0.29, 0.717) is 12.5 Å². The van der Waals surface area contributed by atoms with E-state index in [-0.39, 0.29) is 12.5 Å². The highest BCUT2D eigenvalue weighted by molar-refractivity contribution is 5.66. The molecule has 0 aromatic carbocycles. The molecule has 0 radical (unpaired) electrons. The highest BCUT2D eigenvalue weighted by Crippen LogP contribution is 2.22. The monoisotopic (exact) mass is 158 g/mol. The summed E-state index contributed by atoms with van der Waals surface area (Å²) in [6.07, 6.45) is 3.52. The maximum absolute atomic E-state index is 10.2. The number of carboxylic acids is 1. The first-order valence-electron chi connectivity index (χ1n) is 4.05. The third kappa shape index (κ3) is 2.89. The second kappa shape index (κ2) is 3.72. The molecule has 0 aliphatic carbocycles. The van der Waals surface area contributed by atoms with Crippen molar-refractivity contribution in [3.63, 3.8) is 0 Å². The van der Waals surface area contributed by atoms with Gasteiger partial charge in [0.05, 0.1) is 12.2 Å². The number of ether oxygens (including phenoxy) is 1. The number of carboxylic acid groups (broad SMARTS) is 1. The molecule has 1 rings (SSSR count). The summed E-state index contributed by atoms with van der Waals surface area (Å²) in [6, 6.07) is 0. The van der Waals surface area contributed by atoms with Crippen LogP contribution >= 0.6 is 0 Å². The fourth-order valence-corrected chi connectivity index (χ4v) is 1.38. The van der Waals surface area contributed by atoms with Crippen LogP contribution in [0.2, 0.25) is 0 Å². The van der Waals surface area contributed by atoms with Crippen LogP contribution < -0.4 is 0 Å². The molecule has 0 unspecified atom stereocenters. The summed E-state index contributed by atoms with van der Waals surface area (Å²) in [6.45, 7) is 2.03. The summed E-state index contributed by atoms with van der Waals surface area (Å²) in [5.74, 6) is -0.729. The number of carbonyl (C=O) groups is 1. The van der Waals surface area contributed by atoms with Crippen LogP contribution in [0.25, 0.3) is 0 Å². The van der Waals surface area contributed by atoms with Crippen LogP contribution in [0.1, 0.15) is 32.6 Å². The summed E-state index contributed by atoms with van der Waals surface area (Å²) < 4.78 is 5.45. The van der Waals surface area contributed by atoms with Crippen molar-refractivity contribution in [3.05, 3.63) is 0 Å². The number of hydrogen-bond donors (Lipinski definition) is 1. The third-order valence-electron chi connectivity index (χ3n) is 2.00. The lowest BCUT2D eigenvalue weighted by molar-refractivity contribution is -0.137. The topological polar surface area (TPSA) is 46.5 Å². The van der Waals surface area contributed by atoms with Gasteiger partial charge in [0.25, 0.3) is 0 Å². The van der Waals surface area contributed by atoms with Crippen LogP contribution in [0.5, 0.6) is 0 Å². The molecule has 1 aliphatic rings. The van der Waals surface area contributed by atoms with Gasteiger partial charge in [-0.25, -0.2) is 0 Å². The lowest BCUT2D eigenvalue weighted by Crippen LogP contribution is -2.10. The average Bonchev–Trinajstić information content (AvgIpc) is 2.31. The molecular formula is C8H14O3. The Labute approximate surface area is 66.4 Å². The van der Waals surface area contributed by atoms with Gasteiger partial charge >= 0.3 is 5.97 Å². The van der Waals surface area contributed by atoms with E-state index >= 15 is 0 Å². The third-order valence-corrected chi connectivity index (χ3v) is 2.00. The first-order valence-corrected chi connectivity index (χ1v) is 4.05. The van der Waals surface area contributed by atoms with E-state index in [1.54, 1.807) is 0 Å². The zero-order chi connectivity index (χ0) is 8.27. The molecule has 11 heavy (non-hydrogen) atoms. The highest BCUT2D eigenvalue weighted by atomic mass is 16.5. The van der Waals surface area contributed by atoms with Crippen molar-refractivity contribution < 1.29 is 14.6 Å². The molecular weight excluding hydrogens is 144 g/mol. The van der Waals surface area contributed by atoms with Gasteiger partial charge in [-0.05, 0) is 26.2 Å². The molecule has 0 saturated carbocycles. The Morgan fingerprint density at radius 3 is 2.82 bits per heavy atom. The molecule has 0 bridgehead atoms. The van der Waals surface area contributed by atoms with Crippen LogP contribution in [-0.2, 0) is 9.53 Å². The molecule has 0 spiro atoms. The zero-order valence-corrected chi connectivity index (χ0v) is 6.75. The van der Waals surface area contributed by atoms with Gasteiger partial charge in [0.1, 0.15) is 0 Å². The van der Waals surface area contributed by atoms with E-state index < -0.39 is 5.97 Å². The molecule has 64 valence electrons. The molecule has 1 N–H and O–H groups in total. The van der Waals surface area contributed by atoms with Crippen LogP contribution in [0, 0.1) is 0 Å². The van der Waals surface area contributed by atoms with E-state index in [9.17, 15) is 4.79 Å². The maximum Gasteiger partial charge on any atom is 0.303 e. The standard InChI is InChI=1S/C8H14O3/c1-6-2-3-7(11-6)4-5-8(9)10/h6-7H,2-5H2,1H3,(H,9,10)/t6-,7+/m1/s1. The van der Waals surface area contributed by atoms with E-state index in [1.165, 1.54) is 0 Å². The van der Waals surface area contributed by atoms with Crippen molar-refractivity contribution in [2.24, 2.45) is 0 Å². The van der Waals surface area contributed by atoms with Gasteiger partial charge in [-0.3, -0.25) is 4.79 Å². The Hall–Kier alpha value is -0.570. The molecule has 1 heterocycles. The Balaban J connectivity index is 2.13. The Bertz CT molecular complexity index is 144. The first kappa shape index (κ1) is 8.53. The number of aliphatic carboxylic acids is 1. The van der Waals surface area contributed by atoms with Crippen LogP contribution in [0.4, 0.5) is 0 Å². The largest absolute Gasteiger partial charge is 0.481 e. The van der Waals surface area contributed by atoms with Crippen molar-refractivity contribution in [2.75, 3.05) is 0 Å². The van der Waals surface area contributed by atoms with Crippen molar-refractivity contribution in [2.45, 2.75) is 44.8 Å². The summed E-state index contributed by atoms with van der Waals surface area (Å²) in [7, 11) is 0. The average molecular weight is 158 g/mol. The van der Waals surface area contributed by atoms with Crippen molar-refractivity contribution in [1.82, 2.24) is 0 Å². The van der Waals surface area contributed by atoms with Gasteiger partial charge in [0.15, 0.2) is 0 Å². The van der Waals surface area contributed by atoms with Crippen molar-refractivity contribution in [1.29, 1.82) is 0 Å². The Morgan fingerprint density at radius 1 is 1.64 bits per heavy atom. The van der Waals surface area contributed by atoms with E-state index in [2.05, 4.69) is 0 Å². The van der Waals surface area contributed by atoms with Gasteiger partial charge in [-0.1, -0.05) is 0 Å². The predicted molar refractivity (Wildman–Crippen MR) is 40.4 cm³/mol. The lowest BCUT2D eigenvalue weighted by atomic mass is 10.1. The number of rotatable bonds is 3. The van der Waals surface area contributed by atoms with Gasteiger partial charge in [0, 0.05) is 6.42 Å². The van der Waals surface area contributed by atoms with Gasteiger partial charge < -0.3 is 9.84 Å². The minimum atomic E-state index is -0.729. The minimum Gasteiger partial charge on any atom is -0.481 e. The van der Waals surface area contributed by atoms with Crippen molar-refractivity contribution in [3.8, 4) is 0 Å². The second-order valence-corrected chi connectivity index (χ2v) is 3.08. The predicted octanol–water partition coefficient (Wildman–Crippen LogP) is 1.42. The normalized spacial score (nSPS) is 30.6. The van der Waals surface area contributed by atoms with Crippen LogP contribution in [0.15, 0.2) is 0 Å². The fourth-order valence-electron chi connectivity index (χ4n) is 1.38. The molecule has 0 aromatic heterocycles. The first-order chi connectivity index (χ1) is 5.18. The smallest absolute Gasteiger partial charge is 0.303 e. The molecule has 1 aliphatic heterocycles. The fraction of sp³-hybridized carbons (Fsp3) is 0.875. The van der Waals surface area contributed by atoms with Crippen LogP contribution in [-0.4, -0.2) is 23.3 Å². The quantitative estimate of drug-likeness (QED) is 0.675. The van der Waals surface area contributed by atoms with E-state index in [0.717, 1.165) is 12.8 Å². The molecule has 1 fully saturated rings. The summed E-state index contributed by atoms with van der Waals surface area (Å²) in [4.78, 5) is 10.2. The lowest BCUT2D eigenvalue weighted by Gasteiger charge is -2.08. The summed E-state index contributed by atoms with van der Waals surface area (Å²) >= 11 is 0. The van der Waals surface area contributed by atoms with Crippen LogP contribution in [0.3, 0.4) is 0 Å². The Morgan fingerprint density at radius 2 is 2.36 bits per heavy atom. The molecule has 2 atom stereocenters. The van der Waals surface area contributed by atoms with Gasteiger partial charge in [-0.2, -0.15) is 0 Å². The van der Waals surface area contributed by atoms with E-state index in [1.807, 2.05) is 6.92 Å².